The van der Waals surface area contributed by atoms with E-state index in [1.807, 2.05) is 30.7 Å². The van der Waals surface area contributed by atoms with E-state index in [-0.39, 0.29) is 0 Å². The minimum absolute atomic E-state index is 0.632. The highest BCUT2D eigenvalue weighted by Crippen LogP contribution is 2.13. The summed E-state index contributed by atoms with van der Waals surface area (Å²) < 4.78 is 12.3. The molecule has 0 aliphatic rings. The fourth-order valence-corrected chi connectivity index (χ4v) is 2.26. The predicted molar refractivity (Wildman–Crippen MR) is 90.9 cm³/mol. The van der Waals surface area contributed by atoms with E-state index < -0.39 is 0 Å². The van der Waals surface area contributed by atoms with Crippen LogP contribution in [0.2, 0.25) is 0 Å². The third kappa shape index (κ3) is 4.67. The number of hydrogen-bond acceptors (Lipinski definition) is 6. The number of aryl methyl sites for hydroxylation is 2. The van der Waals surface area contributed by atoms with Crippen molar-refractivity contribution >= 4 is 11.6 Å². The number of nitrogens with one attached hydrogen (secondary N) is 1. The van der Waals surface area contributed by atoms with E-state index in [0.717, 1.165) is 30.3 Å². The molecule has 2 heterocycles. The van der Waals surface area contributed by atoms with Crippen molar-refractivity contribution in [3.05, 3.63) is 35.7 Å². The molecule has 2 aromatic heterocycles. The molecule has 0 fully saturated rings. The standard InChI is InChI=1S/C16H25N5O2/c1-13-5-6-14(2)21(13)19-15-7-8-16(18-17-15)20(9-11-22-3)10-12-23-4/h5-8H,9-12H2,1-4H3,(H,17,19). The van der Waals surface area contributed by atoms with Crippen LogP contribution in [0.3, 0.4) is 0 Å². The maximum Gasteiger partial charge on any atom is 0.167 e. The van der Waals surface area contributed by atoms with Gasteiger partial charge in [0.05, 0.1) is 13.2 Å². The summed E-state index contributed by atoms with van der Waals surface area (Å²) in [5.74, 6) is 1.51. The van der Waals surface area contributed by atoms with E-state index in [1.165, 1.54) is 0 Å². The molecule has 0 aliphatic heterocycles. The van der Waals surface area contributed by atoms with Crippen LogP contribution in [0.5, 0.6) is 0 Å². The van der Waals surface area contributed by atoms with Gasteiger partial charge in [-0.05, 0) is 38.1 Å². The van der Waals surface area contributed by atoms with Crippen molar-refractivity contribution in [2.24, 2.45) is 0 Å². The van der Waals surface area contributed by atoms with Crippen LogP contribution in [0.1, 0.15) is 11.4 Å². The van der Waals surface area contributed by atoms with Crippen molar-refractivity contribution in [3.8, 4) is 0 Å². The Hall–Kier alpha value is -2.12. The summed E-state index contributed by atoms with van der Waals surface area (Å²) >= 11 is 0. The minimum Gasteiger partial charge on any atom is -0.383 e. The van der Waals surface area contributed by atoms with Gasteiger partial charge in [0.1, 0.15) is 0 Å². The van der Waals surface area contributed by atoms with Crippen LogP contribution < -0.4 is 10.3 Å². The normalized spacial score (nSPS) is 10.8. The predicted octanol–water partition coefficient (Wildman–Crippen LogP) is 1.87. The molecule has 0 aromatic carbocycles. The number of anilines is 2. The Balaban J connectivity index is 2.07. The number of hydrogen-bond donors (Lipinski definition) is 1. The molecule has 126 valence electrons. The van der Waals surface area contributed by atoms with Crippen molar-refractivity contribution in [3.63, 3.8) is 0 Å². The molecule has 2 rings (SSSR count). The zero-order valence-corrected chi connectivity index (χ0v) is 14.2. The molecule has 0 saturated heterocycles. The third-order valence-electron chi connectivity index (χ3n) is 3.60. The van der Waals surface area contributed by atoms with E-state index in [2.05, 4.69) is 32.7 Å². The molecule has 2 aromatic rings. The first-order valence-electron chi connectivity index (χ1n) is 7.64. The van der Waals surface area contributed by atoms with Gasteiger partial charge in [0.15, 0.2) is 11.6 Å². The molecule has 0 unspecified atom stereocenters. The van der Waals surface area contributed by atoms with E-state index >= 15 is 0 Å². The first-order valence-corrected chi connectivity index (χ1v) is 7.64. The molecule has 0 atom stereocenters. The number of ether oxygens (including phenoxy) is 2. The van der Waals surface area contributed by atoms with Crippen LogP contribution >= 0.6 is 0 Å². The Morgan fingerprint density at radius 3 is 2.04 bits per heavy atom. The summed E-state index contributed by atoms with van der Waals surface area (Å²) in [6.45, 7) is 6.84. The number of nitrogens with zero attached hydrogens (tertiary/aromatic N) is 4. The summed E-state index contributed by atoms with van der Waals surface area (Å²) in [4.78, 5) is 2.09. The van der Waals surface area contributed by atoms with Gasteiger partial charge in [-0.3, -0.25) is 10.1 Å². The summed E-state index contributed by atoms with van der Waals surface area (Å²) in [6, 6.07) is 7.99. The Morgan fingerprint density at radius 1 is 0.957 bits per heavy atom. The summed E-state index contributed by atoms with van der Waals surface area (Å²) in [5, 5.41) is 8.58. The number of methoxy groups -OCH3 is 2. The fraction of sp³-hybridized carbons (Fsp3) is 0.500. The van der Waals surface area contributed by atoms with Gasteiger partial charge in [-0.15, -0.1) is 10.2 Å². The second-order valence-corrected chi connectivity index (χ2v) is 5.31. The lowest BCUT2D eigenvalue weighted by atomic mass is 10.4. The average Bonchev–Trinajstić information content (AvgIpc) is 2.88. The number of rotatable bonds is 9. The molecule has 7 nitrogen and oxygen atoms in total. The van der Waals surface area contributed by atoms with Gasteiger partial charge in [0.25, 0.3) is 0 Å². The molecular weight excluding hydrogens is 294 g/mol. The van der Waals surface area contributed by atoms with Gasteiger partial charge in [0.2, 0.25) is 0 Å². The molecule has 0 aliphatic carbocycles. The van der Waals surface area contributed by atoms with Crippen molar-refractivity contribution in [2.75, 3.05) is 50.8 Å². The van der Waals surface area contributed by atoms with Crippen LogP contribution in [0.25, 0.3) is 0 Å². The van der Waals surface area contributed by atoms with Gasteiger partial charge in [-0.25, -0.2) is 0 Å². The van der Waals surface area contributed by atoms with Crippen molar-refractivity contribution < 1.29 is 9.47 Å². The highest BCUT2D eigenvalue weighted by molar-refractivity contribution is 5.44. The van der Waals surface area contributed by atoms with Gasteiger partial charge in [-0.2, -0.15) is 0 Å². The molecular formula is C16H25N5O2. The second kappa shape index (κ2) is 8.50. The first kappa shape index (κ1) is 17.2. The first-order chi connectivity index (χ1) is 11.2. The number of aromatic nitrogens is 3. The van der Waals surface area contributed by atoms with Gasteiger partial charge in [-0.1, -0.05) is 0 Å². The molecule has 0 radical (unpaired) electrons. The Morgan fingerprint density at radius 2 is 1.57 bits per heavy atom. The summed E-state index contributed by atoms with van der Waals surface area (Å²) in [5.41, 5.74) is 5.49. The van der Waals surface area contributed by atoms with Gasteiger partial charge in [0, 0.05) is 38.7 Å². The van der Waals surface area contributed by atoms with Gasteiger partial charge < -0.3 is 14.4 Å². The lowest BCUT2D eigenvalue weighted by Gasteiger charge is -2.22. The average molecular weight is 319 g/mol. The lowest BCUT2D eigenvalue weighted by molar-refractivity contribution is 0.190. The Labute approximate surface area is 137 Å². The lowest BCUT2D eigenvalue weighted by Crippen LogP contribution is -2.31. The quantitative estimate of drug-likeness (QED) is 0.761. The SMILES string of the molecule is COCCN(CCOC)c1ccc(Nn2c(C)ccc2C)nn1. The molecule has 0 saturated carbocycles. The fourth-order valence-electron chi connectivity index (χ4n) is 2.26. The Bertz CT molecular complexity index is 570. The Kier molecular flexibility index (Phi) is 6.37. The van der Waals surface area contributed by atoms with E-state index in [0.29, 0.717) is 19.0 Å². The maximum atomic E-state index is 5.15. The highest BCUT2D eigenvalue weighted by Gasteiger charge is 2.09. The molecule has 0 bridgehead atoms. The minimum atomic E-state index is 0.632. The van der Waals surface area contributed by atoms with Gasteiger partial charge >= 0.3 is 0 Å². The summed E-state index contributed by atoms with van der Waals surface area (Å²) in [7, 11) is 3.38. The largest absolute Gasteiger partial charge is 0.383 e. The zero-order chi connectivity index (χ0) is 16.7. The van der Waals surface area contributed by atoms with Crippen LogP contribution in [0.4, 0.5) is 11.6 Å². The van der Waals surface area contributed by atoms with Crippen molar-refractivity contribution in [1.82, 2.24) is 14.9 Å². The van der Waals surface area contributed by atoms with Crippen LogP contribution in [0, 0.1) is 13.8 Å². The van der Waals surface area contributed by atoms with Crippen molar-refractivity contribution in [1.29, 1.82) is 0 Å². The van der Waals surface area contributed by atoms with Crippen LogP contribution in [-0.4, -0.2) is 55.4 Å². The highest BCUT2D eigenvalue weighted by atomic mass is 16.5. The van der Waals surface area contributed by atoms with E-state index in [1.54, 1.807) is 14.2 Å². The second-order valence-electron chi connectivity index (χ2n) is 5.31. The molecule has 1 N–H and O–H groups in total. The molecule has 23 heavy (non-hydrogen) atoms. The smallest absolute Gasteiger partial charge is 0.167 e. The zero-order valence-electron chi connectivity index (χ0n) is 14.2. The molecule has 0 amide bonds. The van der Waals surface area contributed by atoms with E-state index in [4.69, 9.17) is 9.47 Å². The summed E-state index contributed by atoms with van der Waals surface area (Å²) in [6.07, 6.45) is 0. The maximum absolute atomic E-state index is 5.15. The monoisotopic (exact) mass is 319 g/mol. The molecule has 0 spiro atoms. The van der Waals surface area contributed by atoms with Crippen LogP contribution in [0.15, 0.2) is 24.3 Å². The molecule has 7 heteroatoms. The van der Waals surface area contributed by atoms with Crippen molar-refractivity contribution in [2.45, 2.75) is 13.8 Å². The van der Waals surface area contributed by atoms with Crippen LogP contribution in [-0.2, 0) is 9.47 Å². The van der Waals surface area contributed by atoms with E-state index in [9.17, 15) is 0 Å². The topological polar surface area (TPSA) is 64.4 Å². The third-order valence-corrected chi connectivity index (χ3v) is 3.60.